The molecule has 0 atom stereocenters. The standard InChI is InChI=1S/C12H22N4O3S/c1-5-6-13-11-10(19-3)12(15-9-14-11)16(2)7-8-20(4,17)18/h9H,5-8H2,1-4H3,(H,13,14,15). The summed E-state index contributed by atoms with van der Waals surface area (Å²) in [5, 5.41) is 3.16. The van der Waals surface area contributed by atoms with Crippen molar-refractivity contribution in [3.05, 3.63) is 6.33 Å². The third-order valence-electron chi connectivity index (χ3n) is 2.69. The molecule has 1 aromatic rings. The van der Waals surface area contributed by atoms with Gasteiger partial charge in [-0.15, -0.1) is 0 Å². The maximum atomic E-state index is 11.2. The van der Waals surface area contributed by atoms with Gasteiger partial charge in [0.15, 0.2) is 11.6 Å². The molecule has 0 amide bonds. The smallest absolute Gasteiger partial charge is 0.204 e. The van der Waals surface area contributed by atoms with Crippen molar-refractivity contribution in [2.45, 2.75) is 13.3 Å². The lowest BCUT2D eigenvalue weighted by Crippen LogP contribution is -2.26. The summed E-state index contributed by atoms with van der Waals surface area (Å²) < 4.78 is 27.8. The molecule has 0 aliphatic carbocycles. The fourth-order valence-electron chi connectivity index (χ4n) is 1.60. The van der Waals surface area contributed by atoms with Gasteiger partial charge in [-0.25, -0.2) is 18.4 Å². The summed E-state index contributed by atoms with van der Waals surface area (Å²) in [5.74, 6) is 1.78. The number of nitrogens with zero attached hydrogens (tertiary/aromatic N) is 3. The normalized spacial score (nSPS) is 11.2. The average molecular weight is 302 g/mol. The Labute approximate surface area is 120 Å². The monoisotopic (exact) mass is 302 g/mol. The quantitative estimate of drug-likeness (QED) is 0.760. The van der Waals surface area contributed by atoms with E-state index in [9.17, 15) is 8.42 Å². The summed E-state index contributed by atoms with van der Waals surface area (Å²) in [6, 6.07) is 0. The van der Waals surface area contributed by atoms with Crippen LogP contribution in [0.25, 0.3) is 0 Å². The molecule has 0 fully saturated rings. The molecule has 0 aromatic carbocycles. The van der Waals surface area contributed by atoms with Crippen molar-refractivity contribution in [2.75, 3.05) is 49.5 Å². The first-order chi connectivity index (χ1) is 9.39. The van der Waals surface area contributed by atoms with E-state index in [1.165, 1.54) is 12.6 Å². The molecule has 7 nitrogen and oxygen atoms in total. The van der Waals surface area contributed by atoms with Crippen LogP contribution < -0.4 is 15.0 Å². The van der Waals surface area contributed by atoms with Gasteiger partial charge in [0.1, 0.15) is 16.2 Å². The number of sulfone groups is 1. The molecule has 0 aliphatic heterocycles. The van der Waals surface area contributed by atoms with Gasteiger partial charge in [-0.2, -0.15) is 0 Å². The second kappa shape index (κ2) is 7.28. The highest BCUT2D eigenvalue weighted by Crippen LogP contribution is 2.31. The number of nitrogens with one attached hydrogen (secondary N) is 1. The summed E-state index contributed by atoms with van der Waals surface area (Å²) in [6.07, 6.45) is 3.62. The third-order valence-corrected chi connectivity index (χ3v) is 3.61. The lowest BCUT2D eigenvalue weighted by Gasteiger charge is -2.21. The molecule has 0 unspecified atom stereocenters. The number of hydrogen-bond donors (Lipinski definition) is 1. The second-order valence-corrected chi connectivity index (χ2v) is 6.82. The number of aromatic nitrogens is 2. The maximum Gasteiger partial charge on any atom is 0.204 e. The van der Waals surface area contributed by atoms with Gasteiger partial charge in [0.25, 0.3) is 0 Å². The van der Waals surface area contributed by atoms with E-state index in [2.05, 4.69) is 22.2 Å². The van der Waals surface area contributed by atoms with Gasteiger partial charge in [0, 0.05) is 26.4 Å². The first kappa shape index (κ1) is 16.5. The number of anilines is 2. The molecule has 0 saturated carbocycles. The van der Waals surface area contributed by atoms with Crippen LogP contribution >= 0.6 is 0 Å². The minimum atomic E-state index is -3.01. The van der Waals surface area contributed by atoms with E-state index < -0.39 is 9.84 Å². The molecule has 1 N–H and O–H groups in total. The molecule has 1 heterocycles. The SMILES string of the molecule is CCCNc1ncnc(N(C)CCS(C)(=O)=O)c1OC. The number of methoxy groups -OCH3 is 1. The summed E-state index contributed by atoms with van der Waals surface area (Å²) in [4.78, 5) is 10.1. The van der Waals surface area contributed by atoms with Crippen molar-refractivity contribution in [3.8, 4) is 5.75 Å². The van der Waals surface area contributed by atoms with Crippen molar-refractivity contribution in [3.63, 3.8) is 0 Å². The van der Waals surface area contributed by atoms with Gasteiger partial charge in [-0.1, -0.05) is 6.92 Å². The van der Waals surface area contributed by atoms with Crippen molar-refractivity contribution in [1.82, 2.24) is 9.97 Å². The van der Waals surface area contributed by atoms with Crippen molar-refractivity contribution >= 4 is 21.5 Å². The van der Waals surface area contributed by atoms with E-state index in [4.69, 9.17) is 4.74 Å². The van der Waals surface area contributed by atoms with E-state index in [0.29, 0.717) is 23.9 Å². The molecular weight excluding hydrogens is 280 g/mol. The number of rotatable bonds is 8. The highest BCUT2D eigenvalue weighted by Gasteiger charge is 2.16. The summed E-state index contributed by atoms with van der Waals surface area (Å²) in [7, 11) is 0.310. The molecule has 0 spiro atoms. The van der Waals surface area contributed by atoms with Crippen LogP contribution in [-0.2, 0) is 9.84 Å². The van der Waals surface area contributed by atoms with E-state index in [1.54, 1.807) is 19.1 Å². The fraction of sp³-hybridized carbons (Fsp3) is 0.667. The lowest BCUT2D eigenvalue weighted by atomic mass is 10.4. The Morgan fingerprint density at radius 2 is 2.10 bits per heavy atom. The molecule has 0 bridgehead atoms. The highest BCUT2D eigenvalue weighted by molar-refractivity contribution is 7.90. The van der Waals surface area contributed by atoms with Gasteiger partial charge in [-0.3, -0.25) is 0 Å². The van der Waals surface area contributed by atoms with Crippen LogP contribution in [0.5, 0.6) is 5.75 Å². The molecule has 1 rings (SSSR count). The van der Waals surface area contributed by atoms with Crippen molar-refractivity contribution in [1.29, 1.82) is 0 Å². The van der Waals surface area contributed by atoms with Crippen LogP contribution in [0.1, 0.15) is 13.3 Å². The van der Waals surface area contributed by atoms with Crippen LogP contribution in [0.3, 0.4) is 0 Å². The van der Waals surface area contributed by atoms with E-state index in [0.717, 1.165) is 13.0 Å². The minimum Gasteiger partial charge on any atom is -0.490 e. The topological polar surface area (TPSA) is 84.4 Å². The van der Waals surface area contributed by atoms with Gasteiger partial charge >= 0.3 is 0 Å². The van der Waals surface area contributed by atoms with Crippen LogP contribution in [-0.4, -0.2) is 57.6 Å². The number of hydrogen-bond acceptors (Lipinski definition) is 7. The first-order valence-corrected chi connectivity index (χ1v) is 8.46. The molecule has 0 aliphatic rings. The molecule has 114 valence electrons. The zero-order chi connectivity index (χ0) is 15.2. The summed E-state index contributed by atoms with van der Waals surface area (Å²) in [6.45, 7) is 3.18. The Hall–Kier alpha value is -1.57. The van der Waals surface area contributed by atoms with Gasteiger partial charge in [0.2, 0.25) is 5.75 Å². The van der Waals surface area contributed by atoms with E-state index in [1.807, 2.05) is 0 Å². The maximum absolute atomic E-state index is 11.2. The number of ether oxygens (including phenoxy) is 1. The Morgan fingerprint density at radius 3 is 2.65 bits per heavy atom. The average Bonchev–Trinajstić information content (AvgIpc) is 2.41. The Bertz CT molecular complexity index is 534. The largest absolute Gasteiger partial charge is 0.490 e. The summed E-state index contributed by atoms with van der Waals surface area (Å²) >= 11 is 0. The lowest BCUT2D eigenvalue weighted by molar-refractivity contribution is 0.413. The van der Waals surface area contributed by atoms with Crippen LogP contribution in [0.4, 0.5) is 11.6 Å². The minimum absolute atomic E-state index is 0.0639. The van der Waals surface area contributed by atoms with Crippen LogP contribution in [0.15, 0.2) is 6.33 Å². The van der Waals surface area contributed by atoms with Gasteiger partial charge in [0.05, 0.1) is 12.9 Å². The Kier molecular flexibility index (Phi) is 6.00. The second-order valence-electron chi connectivity index (χ2n) is 4.56. The fourth-order valence-corrected chi connectivity index (χ4v) is 2.21. The molecule has 8 heteroatoms. The van der Waals surface area contributed by atoms with E-state index >= 15 is 0 Å². The van der Waals surface area contributed by atoms with E-state index in [-0.39, 0.29) is 5.75 Å². The zero-order valence-electron chi connectivity index (χ0n) is 12.4. The predicted octanol–water partition coefficient (Wildman–Crippen LogP) is 0.788. The van der Waals surface area contributed by atoms with Crippen molar-refractivity contribution < 1.29 is 13.2 Å². The van der Waals surface area contributed by atoms with Crippen LogP contribution in [0.2, 0.25) is 0 Å². The van der Waals surface area contributed by atoms with Gasteiger partial charge in [-0.05, 0) is 6.42 Å². The molecule has 0 radical (unpaired) electrons. The highest BCUT2D eigenvalue weighted by atomic mass is 32.2. The Balaban J connectivity index is 2.92. The first-order valence-electron chi connectivity index (χ1n) is 6.40. The van der Waals surface area contributed by atoms with Crippen LogP contribution in [0, 0.1) is 0 Å². The molecule has 1 aromatic heterocycles. The molecule has 0 saturated heterocycles. The van der Waals surface area contributed by atoms with Crippen molar-refractivity contribution in [2.24, 2.45) is 0 Å². The predicted molar refractivity (Wildman–Crippen MR) is 80.3 cm³/mol. The third kappa shape index (κ3) is 4.84. The summed E-state index contributed by atoms with van der Waals surface area (Å²) in [5.41, 5.74) is 0. The molecular formula is C12H22N4O3S. The zero-order valence-corrected chi connectivity index (χ0v) is 13.2. The molecule has 20 heavy (non-hydrogen) atoms. The Morgan fingerprint density at radius 1 is 1.40 bits per heavy atom. The van der Waals surface area contributed by atoms with Gasteiger partial charge < -0.3 is 15.0 Å².